The number of alkyl halides is 3. The number of amides is 2. The molecule has 2 amide bonds. The molecule has 2 aromatic rings. The van der Waals surface area contributed by atoms with Crippen molar-refractivity contribution in [1.29, 1.82) is 0 Å². The lowest BCUT2D eigenvalue weighted by molar-refractivity contribution is -0.151. The maximum atomic E-state index is 13.4. The third-order valence-electron chi connectivity index (χ3n) is 5.38. The number of benzene rings is 1. The second kappa shape index (κ2) is 8.32. The van der Waals surface area contributed by atoms with Gasteiger partial charge in [0.2, 0.25) is 5.88 Å². The summed E-state index contributed by atoms with van der Waals surface area (Å²) in [5, 5.41) is 11.9. The fraction of sp³-hybridized carbons (Fsp3) is 0.400. The zero-order chi connectivity index (χ0) is 23.9. The van der Waals surface area contributed by atoms with Crippen LogP contribution in [0.25, 0.3) is 0 Å². The molecule has 1 aromatic carbocycles. The monoisotopic (exact) mass is 488 g/mol. The Hall–Kier alpha value is -3.15. The van der Waals surface area contributed by atoms with Gasteiger partial charge in [0.15, 0.2) is 18.9 Å². The van der Waals surface area contributed by atoms with E-state index < -0.39 is 41.3 Å². The molecule has 3 fully saturated rings. The minimum Gasteiger partial charge on any atom is -0.484 e. The van der Waals surface area contributed by atoms with E-state index in [1.54, 1.807) is 0 Å². The highest BCUT2D eigenvalue weighted by molar-refractivity contribution is 6.30. The first kappa shape index (κ1) is 23.0. The van der Waals surface area contributed by atoms with Crippen LogP contribution in [-0.4, -0.2) is 46.3 Å². The molecule has 0 unspecified atom stereocenters. The Morgan fingerprint density at radius 3 is 2.09 bits per heavy atom. The minimum atomic E-state index is -4.61. The van der Waals surface area contributed by atoms with Gasteiger partial charge in [-0.3, -0.25) is 9.59 Å². The Balaban J connectivity index is 1.16. The quantitative estimate of drug-likeness (QED) is 0.554. The average molecular weight is 489 g/mol. The van der Waals surface area contributed by atoms with Crippen LogP contribution >= 0.6 is 11.6 Å². The summed E-state index contributed by atoms with van der Waals surface area (Å²) in [6.45, 7) is -0.739. The summed E-state index contributed by atoms with van der Waals surface area (Å²) in [6.07, 6.45) is -3.05. The summed E-state index contributed by atoms with van der Waals surface area (Å²) in [7, 11) is 0. The van der Waals surface area contributed by atoms with Crippen LogP contribution in [0.5, 0.6) is 11.6 Å². The van der Waals surface area contributed by atoms with E-state index in [0.717, 1.165) is 12.1 Å². The third kappa shape index (κ3) is 5.10. The van der Waals surface area contributed by atoms with E-state index in [4.69, 9.17) is 21.1 Å². The van der Waals surface area contributed by atoms with Gasteiger partial charge in [-0.05, 0) is 37.5 Å². The van der Waals surface area contributed by atoms with Gasteiger partial charge in [0, 0.05) is 23.2 Å². The van der Waals surface area contributed by atoms with E-state index in [1.165, 1.54) is 12.1 Å². The standard InChI is InChI=1S/C20H17ClF4N4O4/c21-12-2-1-11(5-13(12)22)32-6-15(30)26-18-8-19(9-18,10-18)27-16(31)7-33-17-4-3-14(28-29-17)20(23,24)25/h1-5H,6-10H2,(H,26,30)(H,27,31). The van der Waals surface area contributed by atoms with Crippen molar-refractivity contribution >= 4 is 23.4 Å². The summed E-state index contributed by atoms with van der Waals surface area (Å²) >= 11 is 5.59. The smallest absolute Gasteiger partial charge is 0.435 e. The molecular weight excluding hydrogens is 472 g/mol. The van der Waals surface area contributed by atoms with Crippen LogP contribution in [0.1, 0.15) is 25.0 Å². The number of halogens is 5. The molecule has 0 aliphatic heterocycles. The fourth-order valence-corrected chi connectivity index (χ4v) is 4.24. The average Bonchev–Trinajstić information content (AvgIpc) is 2.70. The number of hydrogen-bond donors (Lipinski definition) is 2. The normalized spacial score (nSPS) is 23.1. The fourth-order valence-electron chi connectivity index (χ4n) is 4.12. The van der Waals surface area contributed by atoms with Gasteiger partial charge in [-0.2, -0.15) is 13.2 Å². The number of hydrogen-bond acceptors (Lipinski definition) is 6. The van der Waals surface area contributed by atoms with Gasteiger partial charge in [-0.1, -0.05) is 11.6 Å². The van der Waals surface area contributed by atoms with E-state index in [-0.39, 0.29) is 29.2 Å². The zero-order valence-corrected chi connectivity index (χ0v) is 17.6. The van der Waals surface area contributed by atoms with Crippen LogP contribution < -0.4 is 20.1 Å². The van der Waals surface area contributed by atoms with Crippen molar-refractivity contribution in [2.45, 2.75) is 36.5 Å². The second-order valence-electron chi connectivity index (χ2n) is 8.10. The number of nitrogens with one attached hydrogen (secondary N) is 2. The number of carbonyl (C=O) groups excluding carboxylic acids is 2. The SMILES string of the molecule is O=C(COc1ccc(Cl)c(F)c1)NC12CC(NC(=O)COc3ccc(C(F)(F)F)nn3)(C1)C2. The summed E-state index contributed by atoms with van der Waals surface area (Å²) in [6, 6.07) is 5.55. The highest BCUT2D eigenvalue weighted by atomic mass is 35.5. The molecule has 8 nitrogen and oxygen atoms in total. The van der Waals surface area contributed by atoms with Crippen LogP contribution in [0.15, 0.2) is 30.3 Å². The van der Waals surface area contributed by atoms with Crippen molar-refractivity contribution in [2.75, 3.05) is 13.2 Å². The Labute approximate surface area is 189 Å². The van der Waals surface area contributed by atoms with Crippen LogP contribution in [0.2, 0.25) is 5.02 Å². The molecule has 3 aliphatic carbocycles. The van der Waals surface area contributed by atoms with Gasteiger partial charge in [-0.25, -0.2) is 4.39 Å². The van der Waals surface area contributed by atoms with Crippen LogP contribution in [-0.2, 0) is 15.8 Å². The molecule has 3 saturated carbocycles. The van der Waals surface area contributed by atoms with Gasteiger partial charge in [0.1, 0.15) is 11.6 Å². The van der Waals surface area contributed by atoms with Crippen molar-refractivity contribution in [3.8, 4) is 11.6 Å². The maximum Gasteiger partial charge on any atom is 0.435 e. The first-order valence-electron chi connectivity index (χ1n) is 9.71. The third-order valence-corrected chi connectivity index (χ3v) is 5.69. The lowest BCUT2D eigenvalue weighted by Gasteiger charge is -2.70. The Kier molecular flexibility index (Phi) is 5.81. The molecule has 0 spiro atoms. The van der Waals surface area contributed by atoms with Gasteiger partial charge >= 0.3 is 6.18 Å². The van der Waals surface area contributed by atoms with Crippen LogP contribution in [0, 0.1) is 5.82 Å². The molecule has 1 aromatic heterocycles. The molecule has 1 heterocycles. The van der Waals surface area contributed by atoms with Crippen LogP contribution in [0.4, 0.5) is 17.6 Å². The summed E-state index contributed by atoms with van der Waals surface area (Å²) < 4.78 is 61.1. The first-order valence-corrected chi connectivity index (χ1v) is 10.1. The van der Waals surface area contributed by atoms with Crippen molar-refractivity contribution in [3.63, 3.8) is 0 Å². The number of aromatic nitrogens is 2. The topological polar surface area (TPSA) is 102 Å². The van der Waals surface area contributed by atoms with E-state index in [2.05, 4.69) is 20.8 Å². The molecule has 176 valence electrons. The Bertz CT molecular complexity index is 1060. The van der Waals surface area contributed by atoms with E-state index in [1.807, 2.05) is 0 Å². The van der Waals surface area contributed by atoms with E-state index in [0.29, 0.717) is 25.3 Å². The van der Waals surface area contributed by atoms with Gasteiger partial charge in [0.05, 0.1) is 5.02 Å². The number of ether oxygens (including phenoxy) is 2. The Morgan fingerprint density at radius 2 is 1.58 bits per heavy atom. The van der Waals surface area contributed by atoms with Crippen molar-refractivity contribution in [2.24, 2.45) is 0 Å². The molecule has 2 N–H and O–H groups in total. The summed E-state index contributed by atoms with van der Waals surface area (Å²) in [5.74, 6) is -1.54. The van der Waals surface area contributed by atoms with Gasteiger partial charge < -0.3 is 20.1 Å². The van der Waals surface area contributed by atoms with Gasteiger partial charge in [0.25, 0.3) is 11.8 Å². The summed E-state index contributed by atoms with van der Waals surface area (Å²) in [5.41, 5.74) is -2.05. The predicted octanol–water partition coefficient (Wildman–Crippen LogP) is 2.65. The van der Waals surface area contributed by atoms with Crippen molar-refractivity contribution in [1.82, 2.24) is 20.8 Å². The zero-order valence-electron chi connectivity index (χ0n) is 16.8. The molecule has 2 bridgehead atoms. The second-order valence-corrected chi connectivity index (χ2v) is 8.50. The highest BCUT2D eigenvalue weighted by Gasteiger charge is 2.69. The first-order chi connectivity index (χ1) is 15.5. The summed E-state index contributed by atoms with van der Waals surface area (Å²) in [4.78, 5) is 24.2. The van der Waals surface area contributed by atoms with Crippen molar-refractivity contribution < 1.29 is 36.6 Å². The molecule has 5 rings (SSSR count). The largest absolute Gasteiger partial charge is 0.484 e. The van der Waals surface area contributed by atoms with E-state index >= 15 is 0 Å². The Morgan fingerprint density at radius 1 is 0.970 bits per heavy atom. The van der Waals surface area contributed by atoms with Crippen LogP contribution in [0.3, 0.4) is 0 Å². The number of nitrogens with zero attached hydrogens (tertiary/aromatic N) is 2. The van der Waals surface area contributed by atoms with E-state index in [9.17, 15) is 27.2 Å². The minimum absolute atomic E-state index is 0.0503. The molecular formula is C20H17ClF4N4O4. The molecule has 33 heavy (non-hydrogen) atoms. The number of carbonyl (C=O) groups is 2. The molecule has 0 saturated heterocycles. The molecule has 13 heteroatoms. The maximum absolute atomic E-state index is 13.4. The molecule has 3 aliphatic rings. The van der Waals surface area contributed by atoms with Crippen molar-refractivity contribution in [3.05, 3.63) is 46.9 Å². The van der Waals surface area contributed by atoms with Gasteiger partial charge in [-0.15, -0.1) is 10.2 Å². The lowest BCUT2D eigenvalue weighted by Crippen LogP contribution is -2.84. The lowest BCUT2D eigenvalue weighted by atomic mass is 9.44. The highest BCUT2D eigenvalue weighted by Crippen LogP contribution is 2.60. The molecule has 0 radical (unpaired) electrons. The number of rotatable bonds is 8. The molecule has 0 atom stereocenters. The predicted molar refractivity (Wildman–Crippen MR) is 105 cm³/mol.